The summed E-state index contributed by atoms with van der Waals surface area (Å²) in [5, 5.41) is 2.18. The van der Waals surface area contributed by atoms with E-state index in [-0.39, 0.29) is 14.9 Å². The predicted octanol–water partition coefficient (Wildman–Crippen LogP) is 9.66. The van der Waals surface area contributed by atoms with E-state index in [0.29, 0.717) is 27.6 Å². The van der Waals surface area contributed by atoms with E-state index in [1.54, 1.807) is 0 Å². The van der Waals surface area contributed by atoms with Crippen molar-refractivity contribution in [2.45, 2.75) is 110 Å². The van der Waals surface area contributed by atoms with E-state index in [4.69, 9.17) is 0 Å². The summed E-state index contributed by atoms with van der Waals surface area (Å²) in [7, 11) is 0. The Hall–Kier alpha value is -0.300. The summed E-state index contributed by atoms with van der Waals surface area (Å²) in [5.74, 6) is 0.634. The Bertz CT molecular complexity index is 398. The molecule has 0 atom stereocenters. The van der Waals surface area contributed by atoms with Gasteiger partial charge in [0, 0.05) is 10.8 Å². The lowest BCUT2D eigenvalue weighted by atomic mass is 9.66. The van der Waals surface area contributed by atoms with Crippen LogP contribution in [0.3, 0.4) is 0 Å². The molecule has 0 nitrogen and oxygen atoms in total. The second-order valence-electron chi connectivity index (χ2n) is 11.5. The van der Waals surface area contributed by atoms with E-state index in [1.807, 2.05) is 11.3 Å². The molecule has 1 heteroatoms. The van der Waals surface area contributed by atoms with Crippen molar-refractivity contribution in [2.75, 3.05) is 0 Å². The third kappa shape index (κ3) is 13.5. The van der Waals surface area contributed by atoms with Crippen molar-refractivity contribution in [1.82, 2.24) is 0 Å². The maximum absolute atomic E-state index is 2.34. The summed E-state index contributed by atoms with van der Waals surface area (Å²) in [6.07, 6.45) is 1.29. The molecule has 0 aliphatic carbocycles. The van der Waals surface area contributed by atoms with Gasteiger partial charge in [-0.25, -0.2) is 0 Å². The largest absolute Gasteiger partial charge is 0.149 e. The minimum absolute atomic E-state index is 0. The molecule has 0 saturated carbocycles. The van der Waals surface area contributed by atoms with Crippen LogP contribution in [-0.2, 0) is 0 Å². The molecule has 1 heterocycles. The van der Waals surface area contributed by atoms with Crippen LogP contribution in [-0.4, -0.2) is 0 Å². The molecule has 0 unspecified atom stereocenters. The first-order chi connectivity index (χ1) is 9.93. The van der Waals surface area contributed by atoms with Crippen LogP contribution in [0.25, 0.3) is 0 Å². The Morgan fingerprint density at radius 1 is 0.720 bits per heavy atom. The zero-order valence-corrected chi connectivity index (χ0v) is 18.7. The fourth-order valence-corrected chi connectivity index (χ4v) is 5.51. The highest BCUT2D eigenvalue weighted by Gasteiger charge is 2.36. The van der Waals surface area contributed by atoms with Crippen molar-refractivity contribution in [1.29, 1.82) is 0 Å². The molecule has 0 aromatic carbocycles. The highest BCUT2D eigenvalue weighted by Crippen LogP contribution is 2.48. The SMILES string of the molecule is C.C.CC(C)(C)C(c1cccs1)C(C)(C)C.CC(C)(C)CC(C)(C)C. The monoisotopic (exact) mass is 370 g/mol. The summed E-state index contributed by atoms with van der Waals surface area (Å²) in [4.78, 5) is 1.52. The lowest BCUT2D eigenvalue weighted by molar-refractivity contribution is 0.179. The second-order valence-corrected chi connectivity index (χ2v) is 12.5. The molecule has 0 N–H and O–H groups in total. The first kappa shape index (κ1) is 29.5. The van der Waals surface area contributed by atoms with Crippen LogP contribution >= 0.6 is 11.3 Å². The first-order valence-corrected chi connectivity index (χ1v) is 9.85. The number of hydrogen-bond acceptors (Lipinski definition) is 1. The van der Waals surface area contributed by atoms with Crippen LogP contribution in [0.4, 0.5) is 0 Å². The summed E-state index contributed by atoms with van der Waals surface area (Å²) in [6.45, 7) is 27.8. The molecular formula is C24H50S. The van der Waals surface area contributed by atoms with E-state index >= 15 is 0 Å². The van der Waals surface area contributed by atoms with E-state index < -0.39 is 0 Å². The van der Waals surface area contributed by atoms with Gasteiger partial charge in [-0.2, -0.15) is 0 Å². The van der Waals surface area contributed by atoms with Gasteiger partial charge in [0.15, 0.2) is 0 Å². The molecule has 0 amide bonds. The smallest absolute Gasteiger partial charge is 0.00866 e. The van der Waals surface area contributed by atoms with Crippen LogP contribution in [0.1, 0.15) is 115 Å². The van der Waals surface area contributed by atoms with Gasteiger partial charge in [0.1, 0.15) is 0 Å². The first-order valence-electron chi connectivity index (χ1n) is 8.97. The van der Waals surface area contributed by atoms with Gasteiger partial charge in [0.2, 0.25) is 0 Å². The van der Waals surface area contributed by atoms with Crippen molar-refractivity contribution < 1.29 is 0 Å². The molecule has 0 bridgehead atoms. The number of rotatable bonds is 1. The third-order valence-corrected chi connectivity index (χ3v) is 4.56. The molecule has 0 saturated heterocycles. The molecule has 1 rings (SSSR count). The summed E-state index contributed by atoms with van der Waals surface area (Å²) < 4.78 is 0. The molecule has 1 aromatic rings. The quantitative estimate of drug-likeness (QED) is 0.461. The molecule has 0 spiro atoms. The van der Waals surface area contributed by atoms with Gasteiger partial charge in [0.05, 0.1) is 0 Å². The number of thiophene rings is 1. The molecule has 0 radical (unpaired) electrons. The molecule has 152 valence electrons. The van der Waals surface area contributed by atoms with Crippen molar-refractivity contribution in [3.8, 4) is 0 Å². The maximum atomic E-state index is 2.34. The van der Waals surface area contributed by atoms with E-state index in [1.165, 1.54) is 11.3 Å². The average molecular weight is 371 g/mol. The van der Waals surface area contributed by atoms with Crippen LogP contribution in [0.15, 0.2) is 17.5 Å². The van der Waals surface area contributed by atoms with Crippen LogP contribution in [0, 0.1) is 21.7 Å². The minimum Gasteiger partial charge on any atom is -0.149 e. The van der Waals surface area contributed by atoms with E-state index in [0.717, 1.165) is 0 Å². The summed E-state index contributed by atoms with van der Waals surface area (Å²) in [6, 6.07) is 4.43. The zero-order chi connectivity index (χ0) is 18.7. The van der Waals surface area contributed by atoms with Crippen molar-refractivity contribution in [3.63, 3.8) is 0 Å². The molecule has 0 aliphatic rings. The minimum atomic E-state index is 0. The Morgan fingerprint density at radius 3 is 1.24 bits per heavy atom. The Kier molecular flexibility index (Phi) is 12.0. The molecule has 0 fully saturated rings. The van der Waals surface area contributed by atoms with Gasteiger partial charge >= 0.3 is 0 Å². The highest BCUT2D eigenvalue weighted by molar-refractivity contribution is 7.10. The van der Waals surface area contributed by atoms with Crippen molar-refractivity contribution >= 4 is 11.3 Å². The van der Waals surface area contributed by atoms with E-state index in [2.05, 4.69) is 101 Å². The van der Waals surface area contributed by atoms with Gasteiger partial charge in [-0.1, -0.05) is 104 Å². The van der Waals surface area contributed by atoms with Gasteiger partial charge < -0.3 is 0 Å². The predicted molar refractivity (Wildman–Crippen MR) is 123 cm³/mol. The van der Waals surface area contributed by atoms with Crippen LogP contribution in [0.5, 0.6) is 0 Å². The Labute approximate surface area is 165 Å². The molecule has 1 aromatic heterocycles. The molecule has 0 aliphatic heterocycles. The van der Waals surface area contributed by atoms with Crippen LogP contribution in [0.2, 0.25) is 0 Å². The Balaban J connectivity index is -0.000000390. The fraction of sp³-hybridized carbons (Fsp3) is 0.833. The van der Waals surface area contributed by atoms with Crippen molar-refractivity contribution in [2.24, 2.45) is 21.7 Å². The normalized spacial score (nSPS) is 12.7. The maximum Gasteiger partial charge on any atom is 0.00866 e. The van der Waals surface area contributed by atoms with Gasteiger partial charge in [-0.15, -0.1) is 11.3 Å². The topological polar surface area (TPSA) is 0 Å². The Morgan fingerprint density at radius 2 is 1.08 bits per heavy atom. The third-order valence-electron chi connectivity index (χ3n) is 3.62. The summed E-state index contributed by atoms with van der Waals surface area (Å²) >= 11 is 1.88. The van der Waals surface area contributed by atoms with Gasteiger partial charge in [0.25, 0.3) is 0 Å². The molecular weight excluding hydrogens is 320 g/mol. The standard InChI is InChI=1S/C13H22S.C9H20.2CH4/c1-12(2,3)11(13(4,5)6)10-8-7-9-14-10;1-8(2,3)7-9(4,5)6;;/h7-9,11H,1-6H3;7H2,1-6H3;2*1H4. The van der Waals surface area contributed by atoms with Gasteiger partial charge in [-0.3, -0.25) is 0 Å². The highest BCUT2D eigenvalue weighted by atomic mass is 32.1. The van der Waals surface area contributed by atoms with Crippen LogP contribution < -0.4 is 0 Å². The fourth-order valence-electron chi connectivity index (χ4n) is 4.20. The summed E-state index contributed by atoms with van der Waals surface area (Å²) in [5.41, 5.74) is 1.64. The lowest BCUT2D eigenvalue weighted by Crippen LogP contribution is -2.29. The molecule has 25 heavy (non-hydrogen) atoms. The number of hydrogen-bond donors (Lipinski definition) is 0. The lowest BCUT2D eigenvalue weighted by Gasteiger charge is -2.40. The van der Waals surface area contributed by atoms with E-state index in [9.17, 15) is 0 Å². The van der Waals surface area contributed by atoms with Gasteiger partial charge in [-0.05, 0) is 39.5 Å². The average Bonchev–Trinajstić information content (AvgIpc) is 2.59. The zero-order valence-electron chi connectivity index (χ0n) is 17.9. The van der Waals surface area contributed by atoms with Crippen molar-refractivity contribution in [3.05, 3.63) is 22.4 Å². The second kappa shape index (κ2) is 10.1.